The molecule has 0 fully saturated rings. The van der Waals surface area contributed by atoms with Crippen molar-refractivity contribution in [2.75, 3.05) is 39.6 Å². The van der Waals surface area contributed by atoms with Crippen molar-refractivity contribution in [2.24, 2.45) is 5.92 Å². The maximum Gasteiger partial charge on any atom is 0.472 e. The Kier molecular flexibility index (Phi) is 64.0. The molecule has 0 saturated carbocycles. The van der Waals surface area contributed by atoms with Crippen molar-refractivity contribution in [3.05, 3.63) is 0 Å². The van der Waals surface area contributed by atoms with Crippen LogP contribution in [0.25, 0.3) is 0 Å². The molecule has 0 bridgehead atoms. The predicted molar refractivity (Wildman–Crippen MR) is 368 cm³/mol. The van der Waals surface area contributed by atoms with Gasteiger partial charge in [0.2, 0.25) is 0 Å². The molecule has 19 heteroatoms. The smallest absolute Gasteiger partial charge is 0.462 e. The number of phosphoric ester groups is 2. The molecule has 0 aromatic rings. The number of ether oxygens (including phenoxy) is 4. The molecule has 0 rings (SSSR count). The second-order valence-corrected chi connectivity index (χ2v) is 29.4. The fourth-order valence-corrected chi connectivity index (χ4v) is 12.6. The number of aliphatic hydroxyl groups excluding tert-OH is 1. The number of carbonyl (C=O) groups is 4. The van der Waals surface area contributed by atoms with Gasteiger partial charge in [-0.05, 0) is 31.6 Å². The van der Waals surface area contributed by atoms with E-state index in [1.54, 1.807) is 0 Å². The van der Waals surface area contributed by atoms with Crippen LogP contribution in [0.15, 0.2) is 0 Å². The van der Waals surface area contributed by atoms with Gasteiger partial charge in [-0.15, -0.1) is 0 Å². The van der Waals surface area contributed by atoms with Crippen LogP contribution in [-0.4, -0.2) is 96.7 Å². The van der Waals surface area contributed by atoms with Gasteiger partial charge in [0.1, 0.15) is 19.3 Å². The molecule has 0 amide bonds. The molecular weight excluding hydrogens is 1200 g/mol. The van der Waals surface area contributed by atoms with E-state index in [2.05, 4.69) is 34.6 Å². The van der Waals surface area contributed by atoms with Crippen LogP contribution in [-0.2, 0) is 65.4 Å². The van der Waals surface area contributed by atoms with Crippen LogP contribution < -0.4 is 0 Å². The molecule has 3 N–H and O–H groups in total. The highest BCUT2D eigenvalue weighted by molar-refractivity contribution is 7.47. The average Bonchev–Trinajstić information content (AvgIpc) is 3.71. The standard InChI is InChI=1S/C72H140O17P2/c1-6-9-12-15-16-17-18-19-20-21-22-23-24-25-26-31-34-37-40-43-48-53-58-72(77)89-68(62-83-70(75)56-51-47-42-39-36-33-30-28-27-29-32-35-38-41-46-49-54-65(4)5)64-87-91(80,81)85-60-66(73)59-84-90(78,79)86-63-67(88-71(76)57-52-45-14-11-8-3)61-82-69(74)55-50-44-13-10-7-2/h65-68,73H,6-64H2,1-5H3,(H,78,79)(H,80,81)/t66-,67+,68+/m0/s1. The lowest BCUT2D eigenvalue weighted by molar-refractivity contribution is -0.161. The van der Waals surface area contributed by atoms with Gasteiger partial charge in [-0.25, -0.2) is 9.13 Å². The van der Waals surface area contributed by atoms with Gasteiger partial charge in [0, 0.05) is 25.7 Å². The zero-order valence-corrected chi connectivity index (χ0v) is 60.8. The Hall–Kier alpha value is -1.94. The van der Waals surface area contributed by atoms with E-state index in [0.29, 0.717) is 25.7 Å². The zero-order valence-electron chi connectivity index (χ0n) is 59.0. The summed E-state index contributed by atoms with van der Waals surface area (Å²) in [5.74, 6) is -1.33. The second kappa shape index (κ2) is 65.4. The Morgan fingerprint density at radius 2 is 0.505 bits per heavy atom. The molecule has 0 radical (unpaired) electrons. The lowest BCUT2D eigenvalue weighted by Gasteiger charge is -2.21. The van der Waals surface area contributed by atoms with Crippen LogP contribution in [0.2, 0.25) is 0 Å². The normalized spacial score (nSPS) is 14.0. The number of esters is 4. The first-order chi connectivity index (χ1) is 44.0. The van der Waals surface area contributed by atoms with Gasteiger partial charge in [-0.1, -0.05) is 324 Å². The van der Waals surface area contributed by atoms with Crippen molar-refractivity contribution in [1.29, 1.82) is 0 Å². The molecule has 0 aliphatic rings. The lowest BCUT2D eigenvalue weighted by atomic mass is 10.0. The largest absolute Gasteiger partial charge is 0.472 e. The van der Waals surface area contributed by atoms with Gasteiger partial charge < -0.3 is 33.8 Å². The van der Waals surface area contributed by atoms with Gasteiger partial charge in [-0.2, -0.15) is 0 Å². The molecule has 540 valence electrons. The fraction of sp³-hybridized carbons (Fsp3) is 0.944. The quantitative estimate of drug-likeness (QED) is 0.0222. The third-order valence-corrected chi connectivity index (χ3v) is 18.7. The predicted octanol–water partition coefficient (Wildman–Crippen LogP) is 20.9. The molecule has 0 saturated heterocycles. The number of rotatable bonds is 72. The summed E-state index contributed by atoms with van der Waals surface area (Å²) in [4.78, 5) is 72.0. The van der Waals surface area contributed by atoms with Gasteiger partial charge in [0.25, 0.3) is 0 Å². The minimum atomic E-state index is -4.95. The van der Waals surface area contributed by atoms with Crippen molar-refractivity contribution in [3.8, 4) is 0 Å². The SMILES string of the molecule is CCCCCCCCCCCCCCCCCCCCCCCCC(=O)O[C@H](COC(=O)CCCCCCCCCCCCCCCCCCC(C)C)COP(=O)(O)OC[C@@H](O)COP(=O)(O)OC[C@@H](COC(=O)CCCCCCC)OC(=O)CCCCCCC. The maximum atomic E-state index is 13.1. The second-order valence-electron chi connectivity index (χ2n) is 26.5. The van der Waals surface area contributed by atoms with E-state index >= 15 is 0 Å². The molecule has 0 aliphatic heterocycles. The molecule has 0 heterocycles. The van der Waals surface area contributed by atoms with Crippen LogP contribution in [0.4, 0.5) is 0 Å². The summed E-state index contributed by atoms with van der Waals surface area (Å²) < 4.78 is 67.8. The zero-order chi connectivity index (χ0) is 67.0. The Bertz CT molecular complexity index is 1750. The molecular formula is C72H140O17P2. The molecule has 5 atom stereocenters. The summed E-state index contributed by atoms with van der Waals surface area (Å²) in [6.07, 6.45) is 53.9. The number of hydrogen-bond donors (Lipinski definition) is 3. The number of aliphatic hydroxyl groups is 1. The summed E-state index contributed by atoms with van der Waals surface area (Å²) in [7, 11) is -9.88. The van der Waals surface area contributed by atoms with Gasteiger partial charge in [-0.3, -0.25) is 37.3 Å². The Labute approximate surface area is 556 Å². The summed E-state index contributed by atoms with van der Waals surface area (Å²) in [6, 6.07) is 0. The fourth-order valence-electron chi connectivity index (χ4n) is 11.0. The van der Waals surface area contributed by atoms with Gasteiger partial charge >= 0.3 is 39.5 Å². The molecule has 2 unspecified atom stereocenters. The van der Waals surface area contributed by atoms with E-state index in [0.717, 1.165) is 102 Å². The topological polar surface area (TPSA) is 237 Å². The summed E-state index contributed by atoms with van der Waals surface area (Å²) >= 11 is 0. The first-order valence-corrected chi connectivity index (χ1v) is 40.6. The van der Waals surface area contributed by atoms with Crippen LogP contribution in [0.1, 0.15) is 375 Å². The Balaban J connectivity index is 5.01. The highest BCUT2D eigenvalue weighted by atomic mass is 31.2. The third kappa shape index (κ3) is 66.5. The van der Waals surface area contributed by atoms with Crippen molar-refractivity contribution in [3.63, 3.8) is 0 Å². The first kappa shape index (κ1) is 89.1. The van der Waals surface area contributed by atoms with E-state index in [1.807, 2.05) is 0 Å². The molecule has 0 aromatic carbocycles. The number of unbranched alkanes of at least 4 members (excludes halogenated alkanes) is 44. The first-order valence-electron chi connectivity index (χ1n) is 37.6. The van der Waals surface area contributed by atoms with Crippen LogP contribution in [0.5, 0.6) is 0 Å². The van der Waals surface area contributed by atoms with Crippen molar-refractivity contribution in [1.82, 2.24) is 0 Å². The molecule has 0 aromatic heterocycles. The average molecular weight is 1340 g/mol. The van der Waals surface area contributed by atoms with E-state index in [4.69, 9.17) is 37.0 Å². The monoisotopic (exact) mass is 1340 g/mol. The number of hydrogen-bond acceptors (Lipinski definition) is 15. The minimum Gasteiger partial charge on any atom is -0.462 e. The molecule has 17 nitrogen and oxygen atoms in total. The van der Waals surface area contributed by atoms with E-state index < -0.39 is 97.5 Å². The molecule has 0 aliphatic carbocycles. The third-order valence-electron chi connectivity index (χ3n) is 16.8. The van der Waals surface area contributed by atoms with Crippen LogP contribution >= 0.6 is 15.6 Å². The summed E-state index contributed by atoms with van der Waals surface area (Å²) in [6.45, 7) is 7.09. The van der Waals surface area contributed by atoms with Gasteiger partial charge in [0.05, 0.1) is 26.4 Å². The van der Waals surface area contributed by atoms with E-state index in [9.17, 15) is 43.2 Å². The summed E-state index contributed by atoms with van der Waals surface area (Å²) in [5.41, 5.74) is 0. The Morgan fingerprint density at radius 3 is 0.747 bits per heavy atom. The number of phosphoric acid groups is 2. The minimum absolute atomic E-state index is 0.0991. The van der Waals surface area contributed by atoms with E-state index in [1.165, 1.54) is 193 Å². The highest BCUT2D eigenvalue weighted by Gasteiger charge is 2.30. The maximum absolute atomic E-state index is 13.1. The van der Waals surface area contributed by atoms with Crippen molar-refractivity contribution in [2.45, 2.75) is 393 Å². The van der Waals surface area contributed by atoms with Gasteiger partial charge in [0.15, 0.2) is 12.2 Å². The highest BCUT2D eigenvalue weighted by Crippen LogP contribution is 2.45. The lowest BCUT2D eigenvalue weighted by Crippen LogP contribution is -2.30. The van der Waals surface area contributed by atoms with Crippen molar-refractivity contribution >= 4 is 39.5 Å². The van der Waals surface area contributed by atoms with Crippen LogP contribution in [0, 0.1) is 5.92 Å². The van der Waals surface area contributed by atoms with Crippen molar-refractivity contribution < 1.29 is 80.2 Å². The summed E-state index contributed by atoms with van der Waals surface area (Å²) in [5, 5.41) is 10.5. The van der Waals surface area contributed by atoms with Crippen LogP contribution in [0.3, 0.4) is 0 Å². The Morgan fingerprint density at radius 1 is 0.297 bits per heavy atom. The molecule has 91 heavy (non-hydrogen) atoms. The number of carbonyl (C=O) groups excluding carboxylic acids is 4. The molecule has 0 spiro atoms. The van der Waals surface area contributed by atoms with E-state index in [-0.39, 0.29) is 25.7 Å².